The maximum absolute atomic E-state index is 12.1. The van der Waals surface area contributed by atoms with Crippen molar-refractivity contribution in [2.75, 3.05) is 30.9 Å². The molecule has 0 aromatic heterocycles. The van der Waals surface area contributed by atoms with Crippen LogP contribution in [-0.2, 0) is 37.6 Å². The van der Waals surface area contributed by atoms with E-state index in [2.05, 4.69) is 5.32 Å². The summed E-state index contributed by atoms with van der Waals surface area (Å²) in [6, 6.07) is 5.23. The van der Waals surface area contributed by atoms with Gasteiger partial charge in [0.25, 0.3) is 0 Å². The van der Waals surface area contributed by atoms with Crippen LogP contribution < -0.4 is 10.1 Å². The molecule has 1 amide bonds. The zero-order valence-electron chi connectivity index (χ0n) is 15.2. The lowest BCUT2D eigenvalue weighted by Crippen LogP contribution is -2.35. The van der Waals surface area contributed by atoms with E-state index >= 15 is 0 Å². The molecule has 0 radical (unpaired) electrons. The fraction of sp³-hybridized carbons (Fsp3) is 0.588. The predicted octanol–water partition coefficient (Wildman–Crippen LogP) is 0.0765. The minimum absolute atomic E-state index is 0.0102. The van der Waals surface area contributed by atoms with Crippen molar-refractivity contribution in [1.82, 2.24) is 9.62 Å². The van der Waals surface area contributed by atoms with Crippen molar-refractivity contribution in [2.24, 2.45) is 0 Å². The Morgan fingerprint density at radius 3 is 2.81 bits per heavy atom. The van der Waals surface area contributed by atoms with E-state index in [0.29, 0.717) is 31.7 Å². The second kappa shape index (κ2) is 7.76. The molecule has 1 unspecified atom stereocenters. The summed E-state index contributed by atoms with van der Waals surface area (Å²) in [6.45, 7) is 0.843. The lowest BCUT2D eigenvalue weighted by Gasteiger charge is -2.16. The van der Waals surface area contributed by atoms with Gasteiger partial charge in [0.15, 0.2) is 9.84 Å². The topological polar surface area (TPSA) is 110 Å². The molecule has 0 spiro atoms. The van der Waals surface area contributed by atoms with Crippen molar-refractivity contribution in [3.05, 3.63) is 29.3 Å². The molecular formula is C17H24N2O6S2. The van der Waals surface area contributed by atoms with Gasteiger partial charge in [0.2, 0.25) is 15.9 Å². The number of sulfone groups is 1. The van der Waals surface area contributed by atoms with Gasteiger partial charge in [-0.05, 0) is 24.5 Å². The normalized spacial score (nSPS) is 22.5. The predicted molar refractivity (Wildman–Crippen MR) is 101 cm³/mol. The number of nitrogens with one attached hydrogen (secondary N) is 1. The molecular weight excluding hydrogens is 392 g/mol. The van der Waals surface area contributed by atoms with Gasteiger partial charge in [0.1, 0.15) is 12.4 Å². The van der Waals surface area contributed by atoms with E-state index in [0.717, 1.165) is 11.1 Å². The van der Waals surface area contributed by atoms with E-state index in [-0.39, 0.29) is 36.4 Å². The number of ether oxygens (including phenoxy) is 1. The molecule has 150 valence electrons. The van der Waals surface area contributed by atoms with Crippen LogP contribution in [0.25, 0.3) is 0 Å². The number of hydrogen-bond donors (Lipinski definition) is 1. The molecule has 0 bridgehead atoms. The van der Waals surface area contributed by atoms with Crippen molar-refractivity contribution in [3.8, 4) is 5.75 Å². The van der Waals surface area contributed by atoms with E-state index in [1.807, 2.05) is 12.1 Å². The van der Waals surface area contributed by atoms with Gasteiger partial charge >= 0.3 is 0 Å². The van der Waals surface area contributed by atoms with Gasteiger partial charge in [0, 0.05) is 31.1 Å². The van der Waals surface area contributed by atoms with Crippen LogP contribution >= 0.6 is 0 Å². The Bertz CT molecular complexity index is 927. The lowest BCUT2D eigenvalue weighted by atomic mass is 10.0. The van der Waals surface area contributed by atoms with Crippen LogP contribution in [0.2, 0.25) is 0 Å². The minimum Gasteiger partial charge on any atom is -0.492 e. The molecule has 1 aromatic carbocycles. The number of rotatable bonds is 5. The number of benzene rings is 1. The number of sulfonamides is 1. The fourth-order valence-electron chi connectivity index (χ4n) is 3.33. The molecule has 3 rings (SSSR count). The highest BCUT2D eigenvalue weighted by molar-refractivity contribution is 7.91. The van der Waals surface area contributed by atoms with Gasteiger partial charge in [0.05, 0.1) is 17.8 Å². The Morgan fingerprint density at radius 2 is 2.15 bits per heavy atom. The quantitative estimate of drug-likeness (QED) is 0.728. The molecule has 27 heavy (non-hydrogen) atoms. The Labute approximate surface area is 159 Å². The summed E-state index contributed by atoms with van der Waals surface area (Å²) >= 11 is 0. The Kier molecular flexibility index (Phi) is 5.78. The van der Waals surface area contributed by atoms with Crippen LogP contribution in [-0.4, -0.2) is 64.0 Å². The smallest absolute Gasteiger partial charge is 0.220 e. The van der Waals surface area contributed by atoms with Crippen molar-refractivity contribution in [1.29, 1.82) is 0 Å². The summed E-state index contributed by atoms with van der Waals surface area (Å²) in [4.78, 5) is 12.1. The Morgan fingerprint density at radius 1 is 1.37 bits per heavy atom. The second-order valence-corrected chi connectivity index (χ2v) is 11.3. The molecule has 2 aliphatic rings. The molecule has 2 heterocycles. The Balaban J connectivity index is 1.60. The van der Waals surface area contributed by atoms with Crippen molar-refractivity contribution in [3.63, 3.8) is 0 Å². The molecule has 0 aliphatic carbocycles. The van der Waals surface area contributed by atoms with E-state index in [4.69, 9.17) is 4.74 Å². The first-order valence-corrected chi connectivity index (χ1v) is 12.5. The highest BCUT2D eigenvalue weighted by Gasteiger charge is 2.28. The molecule has 2 aliphatic heterocycles. The summed E-state index contributed by atoms with van der Waals surface area (Å²) in [5.74, 6) is 0.613. The zero-order chi connectivity index (χ0) is 19.7. The van der Waals surface area contributed by atoms with E-state index in [1.165, 1.54) is 10.6 Å². The summed E-state index contributed by atoms with van der Waals surface area (Å²) < 4.78 is 53.6. The van der Waals surface area contributed by atoms with Crippen LogP contribution in [0.15, 0.2) is 18.2 Å². The summed E-state index contributed by atoms with van der Waals surface area (Å²) in [5, 5.41) is 2.77. The van der Waals surface area contributed by atoms with E-state index in [9.17, 15) is 21.6 Å². The SMILES string of the molecule is CS(=O)(=O)N1CCOc2ccc(CCC(=O)NC3CCS(=O)(=O)C3)cc2C1. The van der Waals surface area contributed by atoms with Crippen molar-refractivity contribution < 1.29 is 26.4 Å². The van der Waals surface area contributed by atoms with Gasteiger partial charge in [-0.3, -0.25) is 4.79 Å². The first-order chi connectivity index (χ1) is 12.6. The second-order valence-electron chi connectivity index (χ2n) is 7.05. The third-order valence-corrected chi connectivity index (χ3v) is 7.79. The molecule has 1 aromatic rings. The van der Waals surface area contributed by atoms with Gasteiger partial charge < -0.3 is 10.1 Å². The monoisotopic (exact) mass is 416 g/mol. The molecule has 1 N–H and O–H groups in total. The number of nitrogens with zero attached hydrogens (tertiary/aromatic N) is 1. The molecule has 0 saturated carbocycles. The van der Waals surface area contributed by atoms with Crippen LogP contribution in [0.4, 0.5) is 0 Å². The molecule has 1 saturated heterocycles. The summed E-state index contributed by atoms with van der Waals surface area (Å²) in [7, 11) is -6.33. The Hall–Kier alpha value is -1.65. The first-order valence-electron chi connectivity index (χ1n) is 8.82. The largest absolute Gasteiger partial charge is 0.492 e. The number of amides is 1. The third kappa shape index (κ3) is 5.43. The summed E-state index contributed by atoms with van der Waals surface area (Å²) in [6.07, 6.45) is 2.37. The van der Waals surface area contributed by atoms with Crippen LogP contribution in [0.5, 0.6) is 5.75 Å². The fourth-order valence-corrected chi connectivity index (χ4v) is 5.78. The molecule has 1 fully saturated rings. The standard InChI is InChI=1S/C17H24N2O6S2/c1-26(21,22)19-7-8-25-16-4-2-13(10-14(16)11-19)3-5-17(20)18-15-6-9-27(23,24)12-15/h2,4,10,15H,3,5-9,11-12H2,1H3,(H,18,20). The summed E-state index contributed by atoms with van der Waals surface area (Å²) in [5.41, 5.74) is 1.68. The average molecular weight is 417 g/mol. The van der Waals surface area contributed by atoms with E-state index in [1.54, 1.807) is 6.07 Å². The average Bonchev–Trinajstić information content (AvgIpc) is 2.79. The van der Waals surface area contributed by atoms with Gasteiger partial charge in [-0.1, -0.05) is 12.1 Å². The number of aryl methyl sites for hydroxylation is 1. The molecule has 8 nitrogen and oxygen atoms in total. The van der Waals surface area contributed by atoms with Gasteiger partial charge in [-0.15, -0.1) is 0 Å². The van der Waals surface area contributed by atoms with E-state index < -0.39 is 19.9 Å². The van der Waals surface area contributed by atoms with Crippen molar-refractivity contribution >= 4 is 25.8 Å². The molecule has 10 heteroatoms. The van der Waals surface area contributed by atoms with Crippen LogP contribution in [0.1, 0.15) is 24.0 Å². The minimum atomic E-state index is -3.31. The van der Waals surface area contributed by atoms with Crippen LogP contribution in [0, 0.1) is 0 Å². The zero-order valence-corrected chi connectivity index (χ0v) is 16.8. The molecule has 1 atom stereocenters. The maximum Gasteiger partial charge on any atom is 0.220 e. The number of hydrogen-bond acceptors (Lipinski definition) is 6. The third-order valence-electron chi connectivity index (χ3n) is 4.78. The van der Waals surface area contributed by atoms with Gasteiger partial charge in [-0.2, -0.15) is 4.31 Å². The lowest BCUT2D eigenvalue weighted by molar-refractivity contribution is -0.121. The first kappa shape index (κ1) is 20.1. The van der Waals surface area contributed by atoms with Gasteiger partial charge in [-0.25, -0.2) is 16.8 Å². The number of carbonyl (C=O) groups excluding carboxylic acids is 1. The maximum atomic E-state index is 12.1. The van der Waals surface area contributed by atoms with Crippen molar-refractivity contribution in [2.45, 2.75) is 31.8 Å². The van der Waals surface area contributed by atoms with Crippen LogP contribution in [0.3, 0.4) is 0 Å². The highest BCUT2D eigenvalue weighted by atomic mass is 32.2. The number of carbonyl (C=O) groups is 1. The highest BCUT2D eigenvalue weighted by Crippen LogP contribution is 2.26. The number of fused-ring (bicyclic) bond motifs is 1.